The average Bonchev–Trinajstić information content (AvgIpc) is 2.60. The third-order valence-electron chi connectivity index (χ3n) is 3.26. The summed E-state index contributed by atoms with van der Waals surface area (Å²) in [4.78, 5) is 12.6. The van der Waals surface area contributed by atoms with Crippen molar-refractivity contribution in [2.45, 2.75) is 0 Å². The van der Waals surface area contributed by atoms with Crippen LogP contribution in [0.4, 0.5) is 15.8 Å². The highest BCUT2D eigenvalue weighted by molar-refractivity contribution is 6.11. The molecule has 0 aliphatic carbocycles. The number of hydrogen-bond donors (Lipinski definition) is 0. The molecule has 0 spiro atoms. The second kappa shape index (κ2) is 6.75. The van der Waals surface area contributed by atoms with E-state index in [-0.39, 0.29) is 11.3 Å². The van der Waals surface area contributed by atoms with E-state index in [2.05, 4.69) is 10.2 Å². The van der Waals surface area contributed by atoms with Gasteiger partial charge >= 0.3 is 0 Å². The number of ketones is 1. The van der Waals surface area contributed by atoms with E-state index < -0.39 is 5.82 Å². The minimum atomic E-state index is -0.445. The number of benzene rings is 3. The van der Waals surface area contributed by atoms with Gasteiger partial charge in [0.15, 0.2) is 5.78 Å². The van der Waals surface area contributed by atoms with Gasteiger partial charge in [-0.25, -0.2) is 4.39 Å². The summed E-state index contributed by atoms with van der Waals surface area (Å²) in [6.07, 6.45) is 0. The Kier molecular flexibility index (Phi) is 4.34. The van der Waals surface area contributed by atoms with Crippen LogP contribution >= 0.6 is 0 Å². The number of rotatable bonds is 4. The molecule has 0 aromatic heterocycles. The van der Waals surface area contributed by atoms with E-state index >= 15 is 0 Å². The maximum absolute atomic E-state index is 13.3. The maximum Gasteiger partial charge on any atom is 0.195 e. The van der Waals surface area contributed by atoms with Crippen LogP contribution in [0.25, 0.3) is 0 Å². The summed E-state index contributed by atoms with van der Waals surface area (Å²) >= 11 is 0. The van der Waals surface area contributed by atoms with Crippen LogP contribution in [-0.2, 0) is 0 Å². The summed E-state index contributed by atoms with van der Waals surface area (Å²) in [5.41, 5.74) is 1.82. The Bertz CT molecular complexity index is 860. The van der Waals surface area contributed by atoms with Gasteiger partial charge in [0.1, 0.15) is 5.82 Å². The zero-order valence-corrected chi connectivity index (χ0v) is 12.2. The first-order chi connectivity index (χ1) is 11.2. The molecule has 0 heterocycles. The van der Waals surface area contributed by atoms with Crippen LogP contribution in [0, 0.1) is 5.82 Å². The zero-order chi connectivity index (χ0) is 16.1. The molecule has 0 radical (unpaired) electrons. The highest BCUT2D eigenvalue weighted by Crippen LogP contribution is 2.24. The van der Waals surface area contributed by atoms with Crippen molar-refractivity contribution < 1.29 is 9.18 Å². The zero-order valence-electron chi connectivity index (χ0n) is 12.2. The van der Waals surface area contributed by atoms with E-state index in [9.17, 15) is 9.18 Å². The maximum atomic E-state index is 13.3. The Labute approximate surface area is 133 Å². The highest BCUT2D eigenvalue weighted by Gasteiger charge is 2.13. The van der Waals surface area contributed by atoms with E-state index in [1.165, 1.54) is 18.2 Å². The van der Waals surface area contributed by atoms with E-state index in [0.29, 0.717) is 16.9 Å². The third-order valence-corrected chi connectivity index (χ3v) is 3.26. The quantitative estimate of drug-likeness (QED) is 0.465. The average molecular weight is 304 g/mol. The molecule has 0 aliphatic rings. The standard InChI is InChI=1S/C19H13FN2O/c20-15-8-6-7-14(13-15)19(23)17-11-4-5-12-18(17)22-21-16-9-2-1-3-10-16/h1-13H. The number of nitrogens with zero attached hydrogens (tertiary/aromatic N) is 2. The minimum absolute atomic E-state index is 0.285. The van der Waals surface area contributed by atoms with E-state index in [0.717, 1.165) is 0 Å². The van der Waals surface area contributed by atoms with Gasteiger partial charge in [-0.3, -0.25) is 4.79 Å². The number of azo groups is 1. The predicted molar refractivity (Wildman–Crippen MR) is 86.9 cm³/mol. The fourth-order valence-corrected chi connectivity index (χ4v) is 2.14. The van der Waals surface area contributed by atoms with Gasteiger partial charge in [0, 0.05) is 5.56 Å². The third kappa shape index (κ3) is 3.55. The van der Waals surface area contributed by atoms with Crippen molar-refractivity contribution in [2.75, 3.05) is 0 Å². The van der Waals surface area contributed by atoms with Crippen LogP contribution in [0.15, 0.2) is 89.1 Å². The van der Waals surface area contributed by atoms with Gasteiger partial charge in [0.25, 0.3) is 0 Å². The largest absolute Gasteiger partial charge is 0.289 e. The van der Waals surface area contributed by atoms with Gasteiger partial charge in [-0.05, 0) is 36.4 Å². The van der Waals surface area contributed by atoms with Gasteiger partial charge in [-0.1, -0.05) is 42.5 Å². The molecule has 0 saturated heterocycles. The lowest BCUT2D eigenvalue weighted by molar-refractivity contribution is 0.103. The van der Waals surface area contributed by atoms with E-state index in [4.69, 9.17) is 0 Å². The first-order valence-corrected chi connectivity index (χ1v) is 7.10. The molecule has 0 bridgehead atoms. The lowest BCUT2D eigenvalue weighted by atomic mass is 10.0. The molecule has 0 saturated carbocycles. The SMILES string of the molecule is O=C(c1cccc(F)c1)c1ccccc1N=Nc1ccccc1. The Hall–Kier alpha value is -3.14. The molecule has 3 rings (SSSR count). The molecule has 0 atom stereocenters. The molecule has 0 N–H and O–H groups in total. The molecule has 112 valence electrons. The fourth-order valence-electron chi connectivity index (χ4n) is 2.14. The summed E-state index contributed by atoms with van der Waals surface area (Å²) in [6.45, 7) is 0. The van der Waals surface area contributed by atoms with Crippen molar-refractivity contribution in [2.24, 2.45) is 10.2 Å². The lowest BCUT2D eigenvalue weighted by Crippen LogP contribution is -2.01. The molecule has 0 amide bonds. The van der Waals surface area contributed by atoms with Gasteiger partial charge in [-0.2, -0.15) is 5.11 Å². The van der Waals surface area contributed by atoms with E-state index in [1.54, 1.807) is 30.3 Å². The van der Waals surface area contributed by atoms with Crippen LogP contribution in [0.3, 0.4) is 0 Å². The van der Waals surface area contributed by atoms with Crippen molar-refractivity contribution in [3.05, 3.63) is 95.8 Å². The molecule has 4 heteroatoms. The van der Waals surface area contributed by atoms with E-state index in [1.807, 2.05) is 30.3 Å². The van der Waals surface area contributed by atoms with Crippen LogP contribution in [0.2, 0.25) is 0 Å². The topological polar surface area (TPSA) is 41.8 Å². The summed E-state index contributed by atoms with van der Waals surface area (Å²) in [7, 11) is 0. The van der Waals surface area contributed by atoms with Gasteiger partial charge in [0.05, 0.1) is 16.9 Å². The van der Waals surface area contributed by atoms with Crippen molar-refractivity contribution in [1.82, 2.24) is 0 Å². The molecule has 3 aromatic rings. The Morgan fingerprint density at radius 1 is 0.783 bits per heavy atom. The van der Waals surface area contributed by atoms with Gasteiger partial charge in [0.2, 0.25) is 0 Å². The first kappa shape index (κ1) is 14.8. The molecule has 23 heavy (non-hydrogen) atoms. The van der Waals surface area contributed by atoms with Crippen molar-refractivity contribution >= 4 is 17.2 Å². The summed E-state index contributed by atoms with van der Waals surface area (Å²) in [5, 5.41) is 8.29. The number of carbonyl (C=O) groups excluding carboxylic acids is 1. The molecular weight excluding hydrogens is 291 g/mol. The predicted octanol–water partition coefficient (Wildman–Crippen LogP) is 5.47. The Morgan fingerprint density at radius 2 is 1.52 bits per heavy atom. The normalized spacial score (nSPS) is 10.8. The van der Waals surface area contributed by atoms with Crippen LogP contribution in [0.5, 0.6) is 0 Å². The fraction of sp³-hybridized carbons (Fsp3) is 0. The summed E-state index contributed by atoms with van der Waals surface area (Å²) in [5.74, 6) is -0.730. The van der Waals surface area contributed by atoms with Crippen LogP contribution in [-0.4, -0.2) is 5.78 Å². The minimum Gasteiger partial charge on any atom is -0.289 e. The second-order valence-electron chi connectivity index (χ2n) is 4.89. The van der Waals surface area contributed by atoms with Gasteiger partial charge < -0.3 is 0 Å². The number of carbonyl (C=O) groups is 1. The first-order valence-electron chi connectivity index (χ1n) is 7.10. The summed E-state index contributed by atoms with van der Waals surface area (Å²) < 4.78 is 13.3. The molecule has 0 unspecified atom stereocenters. The van der Waals surface area contributed by atoms with Crippen LogP contribution < -0.4 is 0 Å². The number of halogens is 1. The molecule has 0 fully saturated rings. The molecule has 0 aliphatic heterocycles. The smallest absolute Gasteiger partial charge is 0.195 e. The van der Waals surface area contributed by atoms with Gasteiger partial charge in [-0.15, -0.1) is 5.11 Å². The molecule has 3 aromatic carbocycles. The summed E-state index contributed by atoms with van der Waals surface area (Å²) in [6, 6.07) is 21.7. The van der Waals surface area contributed by atoms with Crippen molar-refractivity contribution in [3.63, 3.8) is 0 Å². The molecule has 3 nitrogen and oxygen atoms in total. The lowest BCUT2D eigenvalue weighted by Gasteiger charge is -2.04. The Balaban J connectivity index is 1.95. The molecular formula is C19H13FN2O. The second-order valence-corrected chi connectivity index (χ2v) is 4.89. The van der Waals surface area contributed by atoms with Crippen molar-refractivity contribution in [3.8, 4) is 0 Å². The highest BCUT2D eigenvalue weighted by atomic mass is 19.1. The monoisotopic (exact) mass is 304 g/mol. The Morgan fingerprint density at radius 3 is 2.30 bits per heavy atom. The van der Waals surface area contributed by atoms with Crippen molar-refractivity contribution in [1.29, 1.82) is 0 Å². The van der Waals surface area contributed by atoms with Crippen LogP contribution in [0.1, 0.15) is 15.9 Å². The number of hydrogen-bond acceptors (Lipinski definition) is 3.